The lowest BCUT2D eigenvalue weighted by Crippen LogP contribution is -2.53. The van der Waals surface area contributed by atoms with Crippen molar-refractivity contribution >= 4 is 16.0 Å². The second kappa shape index (κ2) is 9.07. The highest BCUT2D eigenvalue weighted by Gasteiger charge is 2.28. The molecule has 1 saturated heterocycles. The summed E-state index contributed by atoms with van der Waals surface area (Å²) in [4.78, 5) is 6.39. The summed E-state index contributed by atoms with van der Waals surface area (Å²) in [7, 11) is -0.0508. The summed E-state index contributed by atoms with van der Waals surface area (Å²) in [5.74, 6) is 1.41. The Balaban J connectivity index is 1.53. The van der Waals surface area contributed by atoms with Gasteiger partial charge in [0.1, 0.15) is 17.8 Å². The summed E-state index contributed by atoms with van der Waals surface area (Å²) < 4.78 is 36.5. The third-order valence-corrected chi connectivity index (χ3v) is 6.36. The highest BCUT2D eigenvalue weighted by atomic mass is 32.2. The van der Waals surface area contributed by atoms with E-state index < -0.39 is 10.0 Å². The lowest BCUT2D eigenvalue weighted by Gasteiger charge is -2.35. The summed E-state index contributed by atoms with van der Waals surface area (Å²) in [6.45, 7) is 2.54. The molecular weight excluding hydrogens is 382 g/mol. The van der Waals surface area contributed by atoms with Gasteiger partial charge in [-0.2, -0.15) is 4.31 Å². The van der Waals surface area contributed by atoms with Crippen LogP contribution in [0.2, 0.25) is 0 Å². The minimum Gasteiger partial charge on any atom is -0.497 e. The maximum Gasteiger partial charge on any atom is 0.220 e. The molecule has 2 aromatic rings. The number of benzene rings is 1. The van der Waals surface area contributed by atoms with E-state index in [4.69, 9.17) is 9.26 Å². The van der Waals surface area contributed by atoms with Gasteiger partial charge < -0.3 is 19.5 Å². The first kappa shape index (κ1) is 20.2. The topological polar surface area (TPSA) is 100 Å². The van der Waals surface area contributed by atoms with Crippen LogP contribution in [0.1, 0.15) is 11.3 Å². The van der Waals surface area contributed by atoms with Gasteiger partial charge in [-0.05, 0) is 17.7 Å². The Morgan fingerprint density at radius 1 is 1.29 bits per heavy atom. The SMILES string of the molecule is CN=C(NCc1cccc(OC)c1)N1CCN(S(=O)(=O)Cc2ccon2)CC1. The van der Waals surface area contributed by atoms with Crippen molar-refractivity contribution in [1.29, 1.82) is 0 Å². The first-order valence-corrected chi connectivity index (χ1v) is 10.6. The monoisotopic (exact) mass is 407 g/mol. The van der Waals surface area contributed by atoms with Crippen LogP contribution in [0.15, 0.2) is 46.1 Å². The zero-order valence-electron chi connectivity index (χ0n) is 16.0. The number of aliphatic imine (C=N–C) groups is 1. The molecule has 152 valence electrons. The molecule has 1 aliphatic heterocycles. The van der Waals surface area contributed by atoms with Crippen molar-refractivity contribution in [2.75, 3.05) is 40.3 Å². The number of nitrogens with zero attached hydrogens (tertiary/aromatic N) is 4. The third kappa shape index (κ3) is 5.02. The second-order valence-corrected chi connectivity index (χ2v) is 8.35. The average molecular weight is 407 g/mol. The van der Waals surface area contributed by atoms with Crippen LogP contribution in [0.25, 0.3) is 0 Å². The van der Waals surface area contributed by atoms with Gasteiger partial charge in [-0.15, -0.1) is 0 Å². The van der Waals surface area contributed by atoms with E-state index in [0.717, 1.165) is 17.3 Å². The summed E-state index contributed by atoms with van der Waals surface area (Å²) in [6.07, 6.45) is 1.38. The van der Waals surface area contributed by atoms with Crippen LogP contribution >= 0.6 is 0 Å². The normalized spacial score (nSPS) is 16.2. The van der Waals surface area contributed by atoms with Crippen molar-refractivity contribution in [3.8, 4) is 5.75 Å². The molecule has 1 aromatic heterocycles. The van der Waals surface area contributed by atoms with Gasteiger partial charge in [-0.1, -0.05) is 17.3 Å². The second-order valence-electron chi connectivity index (χ2n) is 6.39. The van der Waals surface area contributed by atoms with Crippen molar-refractivity contribution in [2.45, 2.75) is 12.3 Å². The predicted octanol–water partition coefficient (Wildman–Crippen LogP) is 0.906. The molecule has 0 saturated carbocycles. The van der Waals surface area contributed by atoms with Gasteiger partial charge in [0.15, 0.2) is 5.96 Å². The lowest BCUT2D eigenvalue weighted by molar-refractivity contribution is 0.259. The molecule has 1 aliphatic rings. The molecule has 10 heteroatoms. The maximum atomic E-state index is 12.5. The van der Waals surface area contributed by atoms with E-state index in [0.29, 0.717) is 38.4 Å². The maximum absolute atomic E-state index is 12.5. The number of aromatic nitrogens is 1. The Morgan fingerprint density at radius 2 is 2.07 bits per heavy atom. The van der Waals surface area contributed by atoms with Gasteiger partial charge in [0.25, 0.3) is 0 Å². The molecule has 0 spiro atoms. The number of sulfonamides is 1. The van der Waals surface area contributed by atoms with Gasteiger partial charge in [-0.25, -0.2) is 8.42 Å². The molecule has 3 rings (SSSR count). The number of hydrogen-bond acceptors (Lipinski definition) is 6. The summed E-state index contributed by atoms with van der Waals surface area (Å²) in [5.41, 5.74) is 1.49. The van der Waals surface area contributed by atoms with Crippen molar-refractivity contribution in [3.63, 3.8) is 0 Å². The van der Waals surface area contributed by atoms with Crippen LogP contribution in [0.4, 0.5) is 0 Å². The number of rotatable bonds is 6. The van der Waals surface area contributed by atoms with Crippen molar-refractivity contribution < 1.29 is 17.7 Å². The van der Waals surface area contributed by atoms with Crippen LogP contribution < -0.4 is 10.1 Å². The Hall–Kier alpha value is -2.59. The quantitative estimate of drug-likeness (QED) is 0.561. The van der Waals surface area contributed by atoms with Gasteiger partial charge >= 0.3 is 0 Å². The summed E-state index contributed by atoms with van der Waals surface area (Å²) in [5, 5.41) is 7.02. The summed E-state index contributed by atoms with van der Waals surface area (Å²) in [6, 6.07) is 9.39. The number of piperazine rings is 1. The first-order valence-electron chi connectivity index (χ1n) is 8.97. The molecule has 28 heavy (non-hydrogen) atoms. The van der Waals surface area contributed by atoms with Gasteiger partial charge in [-0.3, -0.25) is 4.99 Å². The molecule has 9 nitrogen and oxygen atoms in total. The number of ether oxygens (including phenoxy) is 1. The van der Waals surface area contributed by atoms with E-state index in [-0.39, 0.29) is 5.75 Å². The average Bonchev–Trinajstić information content (AvgIpc) is 3.21. The largest absolute Gasteiger partial charge is 0.497 e. The molecule has 2 heterocycles. The third-order valence-electron chi connectivity index (χ3n) is 4.55. The molecular formula is C18H25N5O4S. The van der Waals surface area contributed by atoms with Crippen LogP contribution in [-0.2, 0) is 22.3 Å². The number of guanidine groups is 1. The zero-order valence-corrected chi connectivity index (χ0v) is 16.9. The van der Waals surface area contributed by atoms with Crippen LogP contribution in [0, 0.1) is 0 Å². The predicted molar refractivity (Wildman–Crippen MR) is 105 cm³/mol. The van der Waals surface area contributed by atoms with Crippen molar-refractivity contribution in [3.05, 3.63) is 47.9 Å². The zero-order chi connectivity index (χ0) is 20.0. The Labute approximate surface area is 165 Å². The van der Waals surface area contributed by atoms with Crippen molar-refractivity contribution in [1.82, 2.24) is 19.7 Å². The Kier molecular flexibility index (Phi) is 6.53. The smallest absolute Gasteiger partial charge is 0.220 e. The van der Waals surface area contributed by atoms with Crippen LogP contribution in [0.3, 0.4) is 0 Å². The molecule has 1 fully saturated rings. The molecule has 1 aromatic carbocycles. The molecule has 1 N–H and O–H groups in total. The fraction of sp³-hybridized carbons (Fsp3) is 0.444. The number of methoxy groups -OCH3 is 1. The van der Waals surface area contributed by atoms with E-state index in [1.165, 1.54) is 10.6 Å². The minimum atomic E-state index is -3.42. The molecule has 0 aliphatic carbocycles. The van der Waals surface area contributed by atoms with E-state index >= 15 is 0 Å². The summed E-state index contributed by atoms with van der Waals surface area (Å²) >= 11 is 0. The standard InChI is InChI=1S/C18H25N5O4S/c1-19-18(20-13-15-4-3-5-17(12-15)26-2)22-7-9-23(10-8-22)28(24,25)14-16-6-11-27-21-16/h3-6,11-12H,7-10,13-14H2,1-2H3,(H,19,20). The van der Waals surface area contributed by atoms with Gasteiger partial charge in [0, 0.05) is 45.8 Å². The Bertz CT molecular complexity index is 890. The number of hydrogen-bond donors (Lipinski definition) is 1. The lowest BCUT2D eigenvalue weighted by atomic mass is 10.2. The first-order chi connectivity index (χ1) is 13.5. The molecule has 0 amide bonds. The van der Waals surface area contributed by atoms with E-state index in [1.807, 2.05) is 24.3 Å². The van der Waals surface area contributed by atoms with E-state index in [1.54, 1.807) is 20.2 Å². The van der Waals surface area contributed by atoms with E-state index in [2.05, 4.69) is 20.4 Å². The van der Waals surface area contributed by atoms with E-state index in [9.17, 15) is 8.42 Å². The van der Waals surface area contributed by atoms with Gasteiger partial charge in [0.05, 0.1) is 12.8 Å². The van der Waals surface area contributed by atoms with Crippen LogP contribution in [-0.4, -0.2) is 69.1 Å². The molecule has 0 radical (unpaired) electrons. The van der Waals surface area contributed by atoms with Gasteiger partial charge in [0.2, 0.25) is 10.0 Å². The molecule has 0 atom stereocenters. The highest BCUT2D eigenvalue weighted by Crippen LogP contribution is 2.14. The molecule has 0 bridgehead atoms. The minimum absolute atomic E-state index is 0.147. The van der Waals surface area contributed by atoms with Crippen molar-refractivity contribution in [2.24, 2.45) is 4.99 Å². The fourth-order valence-corrected chi connectivity index (χ4v) is 4.49. The Morgan fingerprint density at radius 3 is 2.71 bits per heavy atom. The molecule has 0 unspecified atom stereocenters. The number of nitrogens with one attached hydrogen (secondary N) is 1. The fourth-order valence-electron chi connectivity index (χ4n) is 3.06. The van der Waals surface area contributed by atoms with Crippen LogP contribution in [0.5, 0.6) is 5.75 Å². The highest BCUT2D eigenvalue weighted by molar-refractivity contribution is 7.88.